The van der Waals surface area contributed by atoms with Gasteiger partial charge in [0.25, 0.3) is 0 Å². The van der Waals surface area contributed by atoms with Crippen molar-refractivity contribution in [3.05, 3.63) is 65.9 Å². The molecule has 0 aliphatic rings. The van der Waals surface area contributed by atoms with Gasteiger partial charge in [-0.05, 0) is 36.4 Å². The van der Waals surface area contributed by atoms with Crippen molar-refractivity contribution >= 4 is 10.9 Å². The Hall–Kier alpha value is -2.63. The lowest BCUT2D eigenvalue weighted by Gasteiger charge is -2.15. The number of ether oxygens (including phenoxy) is 1. The molecule has 22 heavy (non-hydrogen) atoms. The molecule has 0 saturated carbocycles. The third kappa shape index (κ3) is 2.47. The summed E-state index contributed by atoms with van der Waals surface area (Å²) in [6.45, 7) is 0. The van der Waals surface area contributed by atoms with Crippen molar-refractivity contribution in [1.29, 1.82) is 0 Å². The van der Waals surface area contributed by atoms with Crippen LogP contribution >= 0.6 is 0 Å². The van der Waals surface area contributed by atoms with Crippen LogP contribution in [-0.4, -0.2) is 17.1 Å². The lowest BCUT2D eigenvalue weighted by molar-refractivity contribution is 0.0331. The average molecular weight is 304 g/mol. The van der Waals surface area contributed by atoms with E-state index in [4.69, 9.17) is 4.74 Å². The van der Waals surface area contributed by atoms with Gasteiger partial charge < -0.3 is 4.74 Å². The van der Waals surface area contributed by atoms with Gasteiger partial charge in [-0.25, -0.2) is 14.4 Å². The van der Waals surface area contributed by atoms with Gasteiger partial charge >= 0.3 is 5.92 Å². The number of rotatable bonds is 3. The molecule has 1 heterocycles. The van der Waals surface area contributed by atoms with E-state index >= 15 is 0 Å². The molecule has 1 aromatic heterocycles. The molecule has 0 radical (unpaired) electrons. The van der Waals surface area contributed by atoms with Crippen molar-refractivity contribution in [3.8, 4) is 5.75 Å². The molecule has 0 unspecified atom stereocenters. The predicted octanol–water partition coefficient (Wildman–Crippen LogP) is 3.92. The van der Waals surface area contributed by atoms with Crippen LogP contribution in [0.3, 0.4) is 0 Å². The van der Waals surface area contributed by atoms with Gasteiger partial charge in [0.2, 0.25) is 5.82 Å². The molecule has 0 atom stereocenters. The minimum Gasteiger partial charge on any atom is -0.497 e. The molecule has 0 spiro atoms. The minimum atomic E-state index is -3.41. The van der Waals surface area contributed by atoms with E-state index in [9.17, 15) is 13.2 Å². The lowest BCUT2D eigenvalue weighted by atomic mass is 10.1. The Morgan fingerprint density at radius 3 is 2.45 bits per heavy atom. The van der Waals surface area contributed by atoms with E-state index in [2.05, 4.69) is 9.97 Å². The maximum Gasteiger partial charge on any atom is 0.331 e. The van der Waals surface area contributed by atoms with Crippen molar-refractivity contribution < 1.29 is 17.9 Å². The highest BCUT2D eigenvalue weighted by atomic mass is 19.3. The summed E-state index contributed by atoms with van der Waals surface area (Å²) in [5, 5.41) is 0.624. The molecule has 3 nitrogen and oxygen atoms in total. The Balaban J connectivity index is 2.09. The third-order valence-electron chi connectivity index (χ3n) is 3.28. The normalized spacial score (nSPS) is 11.6. The highest BCUT2D eigenvalue weighted by molar-refractivity contribution is 5.79. The van der Waals surface area contributed by atoms with Crippen LogP contribution in [0.4, 0.5) is 13.2 Å². The van der Waals surface area contributed by atoms with E-state index in [0.29, 0.717) is 16.7 Å². The van der Waals surface area contributed by atoms with E-state index < -0.39 is 17.6 Å². The van der Waals surface area contributed by atoms with Gasteiger partial charge in [0.05, 0.1) is 12.6 Å². The van der Waals surface area contributed by atoms with Gasteiger partial charge in [-0.1, -0.05) is 0 Å². The number of halogens is 3. The van der Waals surface area contributed by atoms with Crippen molar-refractivity contribution in [2.24, 2.45) is 0 Å². The molecule has 6 heteroatoms. The van der Waals surface area contributed by atoms with Gasteiger partial charge in [0, 0.05) is 23.2 Å². The fraction of sp³-hybridized carbons (Fsp3) is 0.125. The van der Waals surface area contributed by atoms with Crippen molar-refractivity contribution in [1.82, 2.24) is 9.97 Å². The fourth-order valence-corrected chi connectivity index (χ4v) is 2.07. The van der Waals surface area contributed by atoms with Gasteiger partial charge in [0.15, 0.2) is 0 Å². The molecule has 0 saturated heterocycles. The van der Waals surface area contributed by atoms with E-state index in [-0.39, 0.29) is 5.56 Å². The number of nitrogens with zero attached hydrogens (tertiary/aromatic N) is 2. The largest absolute Gasteiger partial charge is 0.497 e. The second kappa shape index (κ2) is 5.29. The fourth-order valence-electron chi connectivity index (χ4n) is 2.07. The van der Waals surface area contributed by atoms with Gasteiger partial charge in [-0.15, -0.1) is 0 Å². The molecule has 0 N–H and O–H groups in total. The van der Waals surface area contributed by atoms with Crippen molar-refractivity contribution in [2.75, 3.05) is 7.11 Å². The van der Waals surface area contributed by atoms with Crippen LogP contribution in [-0.2, 0) is 5.92 Å². The maximum atomic E-state index is 14.5. The molecule has 112 valence electrons. The predicted molar refractivity (Wildman–Crippen MR) is 75.5 cm³/mol. The Morgan fingerprint density at radius 1 is 1.05 bits per heavy atom. The van der Waals surface area contributed by atoms with Crippen LogP contribution in [0.1, 0.15) is 11.4 Å². The number of hydrogen-bond acceptors (Lipinski definition) is 3. The zero-order chi connectivity index (χ0) is 15.7. The second-order valence-corrected chi connectivity index (χ2v) is 4.70. The number of methoxy groups -OCH3 is 1. The van der Waals surface area contributed by atoms with E-state index in [0.717, 1.165) is 24.3 Å². The quantitative estimate of drug-likeness (QED) is 0.735. The molecule has 0 amide bonds. The first-order valence-electron chi connectivity index (χ1n) is 6.46. The molecule has 3 rings (SSSR count). The second-order valence-electron chi connectivity index (χ2n) is 4.70. The van der Waals surface area contributed by atoms with Gasteiger partial charge in [-0.3, -0.25) is 0 Å². The Bertz CT molecular complexity index is 819. The lowest BCUT2D eigenvalue weighted by Crippen LogP contribution is -2.19. The Kier molecular flexibility index (Phi) is 3.44. The average Bonchev–Trinajstić information content (AvgIpc) is 2.54. The highest BCUT2D eigenvalue weighted by Crippen LogP contribution is 2.34. The monoisotopic (exact) mass is 304 g/mol. The van der Waals surface area contributed by atoms with Crippen LogP contribution in [0.2, 0.25) is 0 Å². The summed E-state index contributed by atoms with van der Waals surface area (Å²) in [6, 6.07) is 8.95. The molecule has 2 aromatic carbocycles. The topological polar surface area (TPSA) is 35.0 Å². The molecular weight excluding hydrogens is 293 g/mol. The van der Waals surface area contributed by atoms with Crippen LogP contribution in [0.5, 0.6) is 5.75 Å². The molecule has 0 aliphatic carbocycles. The van der Waals surface area contributed by atoms with E-state index in [1.807, 2.05) is 0 Å². The Morgan fingerprint density at radius 2 is 1.77 bits per heavy atom. The summed E-state index contributed by atoms with van der Waals surface area (Å²) in [6.07, 6.45) is 1.33. The van der Waals surface area contributed by atoms with Crippen molar-refractivity contribution in [2.45, 2.75) is 5.92 Å². The van der Waals surface area contributed by atoms with Crippen LogP contribution in [0.25, 0.3) is 10.9 Å². The zero-order valence-corrected chi connectivity index (χ0v) is 11.6. The molecular formula is C16H11F3N2O. The van der Waals surface area contributed by atoms with Gasteiger partial charge in [-0.2, -0.15) is 8.78 Å². The first kappa shape index (κ1) is 14.3. The van der Waals surface area contributed by atoms with Crippen LogP contribution in [0, 0.1) is 5.82 Å². The number of aromatic nitrogens is 2. The smallest absolute Gasteiger partial charge is 0.331 e. The standard InChI is InChI=1S/C16H11F3N2O/c1-22-13-7-2-10-9-20-15(21-14(10)8-13)16(18,19)11-3-5-12(17)6-4-11/h2-9H,1H3. The number of fused-ring (bicyclic) bond motifs is 1. The van der Waals surface area contributed by atoms with Crippen LogP contribution in [0.15, 0.2) is 48.7 Å². The van der Waals surface area contributed by atoms with Crippen LogP contribution < -0.4 is 4.74 Å². The minimum absolute atomic E-state index is 0.353. The summed E-state index contributed by atoms with van der Waals surface area (Å²) < 4.78 is 46.8. The summed E-state index contributed by atoms with van der Waals surface area (Å²) in [5.41, 5.74) is -0.0118. The molecule has 0 fully saturated rings. The van der Waals surface area contributed by atoms with E-state index in [1.54, 1.807) is 18.2 Å². The molecule has 0 aliphatic heterocycles. The molecule has 0 bridgehead atoms. The highest BCUT2D eigenvalue weighted by Gasteiger charge is 2.37. The summed E-state index contributed by atoms with van der Waals surface area (Å²) in [5.74, 6) is -4.11. The Labute approximate surface area is 124 Å². The summed E-state index contributed by atoms with van der Waals surface area (Å²) >= 11 is 0. The SMILES string of the molecule is COc1ccc2cnc(C(F)(F)c3ccc(F)cc3)nc2c1. The summed E-state index contributed by atoms with van der Waals surface area (Å²) in [4.78, 5) is 7.66. The number of benzene rings is 2. The molecule has 3 aromatic rings. The van der Waals surface area contributed by atoms with Gasteiger partial charge in [0.1, 0.15) is 11.6 Å². The number of hydrogen-bond donors (Lipinski definition) is 0. The first-order chi connectivity index (χ1) is 10.5. The van der Waals surface area contributed by atoms with E-state index in [1.165, 1.54) is 13.3 Å². The third-order valence-corrected chi connectivity index (χ3v) is 3.28. The summed E-state index contributed by atoms with van der Waals surface area (Å²) in [7, 11) is 1.48. The number of alkyl halides is 2. The van der Waals surface area contributed by atoms with Crippen molar-refractivity contribution in [3.63, 3.8) is 0 Å². The zero-order valence-electron chi connectivity index (χ0n) is 11.6. The maximum absolute atomic E-state index is 14.5. The first-order valence-corrected chi connectivity index (χ1v) is 6.46.